The summed E-state index contributed by atoms with van der Waals surface area (Å²) >= 11 is 0. The maximum absolute atomic E-state index is 2.78. The van der Waals surface area contributed by atoms with Gasteiger partial charge in [-0.2, -0.15) is 0 Å². The molecule has 2 aliphatic heterocycles. The van der Waals surface area contributed by atoms with Crippen LogP contribution in [-0.2, 0) is 16.2 Å². The summed E-state index contributed by atoms with van der Waals surface area (Å²) in [6, 6.07) is 66.8. The SMILES string of the molecule is CC(C)(C)c1ccc(N2c3ccc(C(C)(C)C)cc3B3c4c(cc(C(C)(C)C)cc42)-c2c4c(cc5c6ccccc6n(-c6ccccc6)c25)c(-c2ccccc2)c(-c2ccccc2)n43)cc1. The maximum Gasteiger partial charge on any atom is 0.333 e. The zero-order chi connectivity index (χ0) is 45.4. The van der Waals surface area contributed by atoms with Gasteiger partial charge in [0, 0.05) is 61.2 Å². The normalized spacial score (nSPS) is 13.5. The molecule has 3 nitrogen and oxygen atoms in total. The minimum atomic E-state index is -0.137. The molecule has 0 amide bonds. The van der Waals surface area contributed by atoms with Crippen LogP contribution >= 0.6 is 0 Å². The van der Waals surface area contributed by atoms with E-state index < -0.39 is 0 Å². The first-order valence-corrected chi connectivity index (χ1v) is 23.7. The molecular formula is C62H56BN3. The van der Waals surface area contributed by atoms with E-state index in [0.717, 1.165) is 5.69 Å². The van der Waals surface area contributed by atoms with Crippen molar-refractivity contribution in [2.45, 2.75) is 78.6 Å². The van der Waals surface area contributed by atoms with E-state index in [-0.39, 0.29) is 23.1 Å². The molecule has 66 heavy (non-hydrogen) atoms. The molecule has 4 heteroatoms. The average Bonchev–Trinajstić information content (AvgIpc) is 3.83. The third-order valence-corrected chi connectivity index (χ3v) is 14.5. The fraction of sp³-hybridized carbons (Fsp3) is 0.194. The van der Waals surface area contributed by atoms with Crippen LogP contribution in [0, 0.1) is 0 Å². The molecule has 12 rings (SSSR count). The molecule has 2 aliphatic rings. The van der Waals surface area contributed by atoms with Gasteiger partial charge in [0.05, 0.1) is 11.0 Å². The summed E-state index contributed by atoms with van der Waals surface area (Å²) in [4.78, 5) is 2.59. The topological polar surface area (TPSA) is 13.1 Å². The zero-order valence-corrected chi connectivity index (χ0v) is 39.7. The number of aromatic nitrogens is 2. The van der Waals surface area contributed by atoms with Crippen molar-refractivity contribution in [2.24, 2.45) is 0 Å². The van der Waals surface area contributed by atoms with Crippen LogP contribution in [0.1, 0.15) is 79.0 Å². The number of nitrogens with zero attached hydrogens (tertiary/aromatic N) is 3. The fourth-order valence-electron chi connectivity index (χ4n) is 11.2. The van der Waals surface area contributed by atoms with Gasteiger partial charge in [0.2, 0.25) is 0 Å². The summed E-state index contributed by atoms with van der Waals surface area (Å²) < 4.78 is 5.33. The summed E-state index contributed by atoms with van der Waals surface area (Å²) in [5.74, 6) is 0. The van der Waals surface area contributed by atoms with Crippen molar-refractivity contribution in [3.8, 4) is 39.2 Å². The highest BCUT2D eigenvalue weighted by Crippen LogP contribution is 2.54. The van der Waals surface area contributed by atoms with E-state index >= 15 is 0 Å². The van der Waals surface area contributed by atoms with Crippen LogP contribution in [0.2, 0.25) is 0 Å². The molecule has 8 aromatic carbocycles. The van der Waals surface area contributed by atoms with Gasteiger partial charge in [-0.3, -0.25) is 0 Å². The lowest BCUT2D eigenvalue weighted by Crippen LogP contribution is -2.57. The van der Waals surface area contributed by atoms with Crippen molar-refractivity contribution in [2.75, 3.05) is 4.90 Å². The summed E-state index contributed by atoms with van der Waals surface area (Å²) in [6.45, 7) is 21.0. The van der Waals surface area contributed by atoms with E-state index in [2.05, 4.69) is 252 Å². The van der Waals surface area contributed by atoms with Crippen molar-refractivity contribution in [3.05, 3.63) is 193 Å². The van der Waals surface area contributed by atoms with Gasteiger partial charge in [-0.1, -0.05) is 190 Å². The maximum atomic E-state index is 2.78. The highest BCUT2D eigenvalue weighted by molar-refractivity contribution is 6.90. The van der Waals surface area contributed by atoms with Gasteiger partial charge in [0.1, 0.15) is 0 Å². The van der Waals surface area contributed by atoms with Crippen LogP contribution in [-0.4, -0.2) is 15.9 Å². The standard InChI is InChI=1S/C62H56BN3/c1-60(2,3)41-29-32-45(33-30-41)64-52-34-31-42(61(4,5)6)36-50(52)63-56-48(35-43(37-53(56)64)62(7,8)9)55-58-47(46-27-19-20-28-51(46)65(58)44-25-17-12-18-26-44)38-49-54(39-21-13-10-14-22-39)57(66(63)59(49)55)40-23-15-11-16-24-40/h10-38H,1-9H3. The third-order valence-electron chi connectivity index (χ3n) is 14.5. The lowest BCUT2D eigenvalue weighted by molar-refractivity contribution is 0.590. The Morgan fingerprint density at radius 2 is 1.00 bits per heavy atom. The number of benzene rings is 8. The van der Waals surface area contributed by atoms with Gasteiger partial charge in [0.15, 0.2) is 0 Å². The highest BCUT2D eigenvalue weighted by atomic mass is 15.2. The first-order chi connectivity index (χ1) is 31.7. The van der Waals surface area contributed by atoms with Crippen LogP contribution < -0.4 is 15.8 Å². The summed E-state index contributed by atoms with van der Waals surface area (Å²) in [6.07, 6.45) is 0. The molecule has 2 aromatic heterocycles. The predicted molar refractivity (Wildman–Crippen MR) is 284 cm³/mol. The molecule has 0 fully saturated rings. The molecule has 10 aromatic rings. The second kappa shape index (κ2) is 14.2. The van der Waals surface area contributed by atoms with Gasteiger partial charge < -0.3 is 13.9 Å². The summed E-state index contributed by atoms with van der Waals surface area (Å²) in [5, 5.41) is 3.80. The van der Waals surface area contributed by atoms with Crippen LogP contribution in [0.3, 0.4) is 0 Å². The quantitative estimate of drug-likeness (QED) is 0.161. The second-order valence-corrected chi connectivity index (χ2v) is 21.8. The van der Waals surface area contributed by atoms with Crippen LogP contribution in [0.4, 0.5) is 17.1 Å². The van der Waals surface area contributed by atoms with Gasteiger partial charge in [0.25, 0.3) is 0 Å². The number of rotatable bonds is 4. The first kappa shape index (κ1) is 40.5. The van der Waals surface area contributed by atoms with E-state index in [9.17, 15) is 0 Å². The monoisotopic (exact) mass is 853 g/mol. The average molecular weight is 854 g/mol. The Labute approximate surface area is 390 Å². The molecule has 0 unspecified atom stereocenters. The summed E-state index contributed by atoms with van der Waals surface area (Å²) in [5.41, 5.74) is 22.6. The van der Waals surface area contributed by atoms with Crippen molar-refractivity contribution >= 4 is 67.5 Å². The third kappa shape index (κ3) is 5.96. The fourth-order valence-corrected chi connectivity index (χ4v) is 11.2. The van der Waals surface area contributed by atoms with Crippen molar-refractivity contribution in [1.82, 2.24) is 9.05 Å². The number of hydrogen-bond donors (Lipinski definition) is 0. The van der Waals surface area contributed by atoms with Crippen LogP contribution in [0.25, 0.3) is 71.9 Å². The van der Waals surface area contributed by atoms with Gasteiger partial charge in [-0.15, -0.1) is 0 Å². The molecule has 0 saturated carbocycles. The van der Waals surface area contributed by atoms with Crippen LogP contribution in [0.5, 0.6) is 0 Å². The number of fused-ring (bicyclic) bond motifs is 8. The van der Waals surface area contributed by atoms with Gasteiger partial charge in [-0.25, -0.2) is 0 Å². The second-order valence-electron chi connectivity index (χ2n) is 21.8. The Kier molecular flexibility index (Phi) is 8.73. The number of hydrogen-bond acceptors (Lipinski definition) is 1. The molecule has 0 bridgehead atoms. The molecule has 0 radical (unpaired) electrons. The van der Waals surface area contributed by atoms with E-state index in [1.807, 2.05) is 0 Å². The van der Waals surface area contributed by atoms with Crippen molar-refractivity contribution in [1.29, 1.82) is 0 Å². The number of anilines is 3. The molecule has 0 saturated heterocycles. The Balaban J connectivity index is 1.35. The van der Waals surface area contributed by atoms with E-state index in [0.29, 0.717) is 0 Å². The molecule has 0 atom stereocenters. The largest absolute Gasteiger partial charge is 0.375 e. The van der Waals surface area contributed by atoms with Crippen molar-refractivity contribution < 1.29 is 0 Å². The molecule has 0 spiro atoms. The zero-order valence-electron chi connectivity index (χ0n) is 39.7. The smallest absolute Gasteiger partial charge is 0.333 e. The summed E-state index contributed by atoms with van der Waals surface area (Å²) in [7, 11) is 0. The lowest BCUT2D eigenvalue weighted by atomic mass is 9.44. The minimum absolute atomic E-state index is 0.0345. The Morgan fingerprint density at radius 1 is 0.409 bits per heavy atom. The molecule has 322 valence electrons. The predicted octanol–water partition coefficient (Wildman–Crippen LogP) is 15.4. The Hall–Kier alpha value is -7.04. The minimum Gasteiger partial charge on any atom is -0.375 e. The first-order valence-electron chi connectivity index (χ1n) is 23.7. The van der Waals surface area contributed by atoms with E-state index in [1.165, 1.54) is 111 Å². The van der Waals surface area contributed by atoms with Crippen molar-refractivity contribution in [3.63, 3.8) is 0 Å². The molecule has 0 N–H and O–H groups in total. The van der Waals surface area contributed by atoms with E-state index in [4.69, 9.17) is 0 Å². The Bertz CT molecular complexity index is 3560. The molecule has 4 heterocycles. The van der Waals surface area contributed by atoms with E-state index in [1.54, 1.807) is 0 Å². The molecule has 0 aliphatic carbocycles. The Morgan fingerprint density at radius 3 is 1.65 bits per heavy atom. The van der Waals surface area contributed by atoms with Gasteiger partial charge >= 0.3 is 6.85 Å². The molecular weight excluding hydrogens is 798 g/mol. The number of para-hydroxylation sites is 2. The van der Waals surface area contributed by atoms with Crippen LogP contribution in [0.15, 0.2) is 176 Å². The van der Waals surface area contributed by atoms with Gasteiger partial charge in [-0.05, 0) is 109 Å². The lowest BCUT2D eigenvalue weighted by Gasteiger charge is -2.42. The highest BCUT2D eigenvalue weighted by Gasteiger charge is 2.46.